The number of nitrogens with two attached hydrogens (primary N) is 3. The second-order valence-electron chi connectivity index (χ2n) is 19.7. The molecule has 11 amide bonds. The molecule has 1 aliphatic rings. The maximum absolute atomic E-state index is 14.3. The molecule has 1 fully saturated rings. The number of unbranched alkanes of at least 4 members (excludes halogenated alkanes) is 4. The van der Waals surface area contributed by atoms with E-state index in [-0.39, 0.29) is 70.0 Å². The lowest BCUT2D eigenvalue weighted by Gasteiger charge is -2.28. The minimum absolute atomic E-state index is 0.0577. The van der Waals surface area contributed by atoms with E-state index in [9.17, 15) is 63.0 Å². The molecule has 10 atom stereocenters. The number of hydrogen-bond acceptors (Lipinski definition) is 16. The third-order valence-electron chi connectivity index (χ3n) is 12.4. The van der Waals surface area contributed by atoms with Crippen LogP contribution in [0, 0.1) is 5.92 Å². The molecule has 1 heterocycles. The van der Waals surface area contributed by atoms with Gasteiger partial charge >= 0.3 is 0 Å². The molecule has 2 rings (SSSR count). The summed E-state index contributed by atoms with van der Waals surface area (Å²) in [5, 5.41) is 48.5. The predicted molar refractivity (Wildman–Crippen MR) is 286 cm³/mol. The number of benzene rings is 1. The monoisotopic (exact) mass is 1100 g/mol. The number of carbonyl (C=O) groups is 11. The molecule has 27 nitrogen and oxygen atoms in total. The maximum Gasteiger partial charge on any atom is 0.245 e. The third kappa shape index (κ3) is 25.1. The fourth-order valence-electron chi connectivity index (χ4n) is 8.12. The van der Waals surface area contributed by atoms with Gasteiger partial charge in [0.05, 0.1) is 25.3 Å². The minimum Gasteiger partial charge on any atom is -0.391 e. The van der Waals surface area contributed by atoms with Gasteiger partial charge in [-0.25, -0.2) is 0 Å². The van der Waals surface area contributed by atoms with Gasteiger partial charge < -0.3 is 85.9 Å². The minimum atomic E-state index is -1.66. The average molecular weight is 1100 g/mol. The molecule has 78 heavy (non-hydrogen) atoms. The summed E-state index contributed by atoms with van der Waals surface area (Å²) in [5.74, 6) is -9.64. The molecule has 1 saturated heterocycles. The molecule has 0 unspecified atom stereocenters. The predicted octanol–water partition coefficient (Wildman–Crippen LogP) is -4.93. The molecule has 0 aromatic heterocycles. The first-order valence-corrected chi connectivity index (χ1v) is 26.8. The lowest BCUT2D eigenvalue weighted by atomic mass is 10.00. The van der Waals surface area contributed by atoms with Crippen LogP contribution in [0.4, 0.5) is 0 Å². The summed E-state index contributed by atoms with van der Waals surface area (Å²) in [6.07, 6.45) is 0.763. The van der Waals surface area contributed by atoms with E-state index >= 15 is 0 Å². The Kier molecular flexibility index (Phi) is 31.3. The van der Waals surface area contributed by atoms with Crippen LogP contribution in [0.15, 0.2) is 30.3 Å². The molecule has 0 spiro atoms. The highest BCUT2D eigenvalue weighted by Gasteiger charge is 2.36. The molecule has 1 aromatic rings. The Morgan fingerprint density at radius 1 is 0.603 bits per heavy atom. The Morgan fingerprint density at radius 2 is 1.10 bits per heavy atom. The van der Waals surface area contributed by atoms with Crippen molar-refractivity contribution in [3.05, 3.63) is 35.9 Å². The number of hydrogen-bond donors (Lipinski definition) is 16. The van der Waals surface area contributed by atoms with Gasteiger partial charge in [-0.05, 0) is 83.5 Å². The van der Waals surface area contributed by atoms with Crippen LogP contribution in [-0.4, -0.2) is 175 Å². The van der Waals surface area contributed by atoms with E-state index in [1.807, 2.05) is 0 Å². The highest BCUT2D eigenvalue weighted by atomic mass is 16.3. The highest BCUT2D eigenvalue weighted by Crippen LogP contribution is 2.11. The van der Waals surface area contributed by atoms with E-state index in [1.54, 1.807) is 44.2 Å². The van der Waals surface area contributed by atoms with Crippen molar-refractivity contribution in [2.45, 2.75) is 172 Å². The van der Waals surface area contributed by atoms with E-state index in [0.29, 0.717) is 12.0 Å². The van der Waals surface area contributed by atoms with Gasteiger partial charge in [-0.3, -0.25) is 52.7 Å². The van der Waals surface area contributed by atoms with Crippen molar-refractivity contribution in [2.75, 3.05) is 39.3 Å². The SMILES string of the molecule is CCCCCCCC(=O)NCC(=O)N[C@H](C(=O)NCC(=O)N[C@H]1CCNC(=O)[C@H]([C@@H](C)O)NC(=O)[C@H](CCN)NC(=O)[C@H](CCN)NC(=O)[C@H](CC(C)C)NC(=O)[C@@H](Cc2ccccc2)NC(=O)[C@H](CCN)NC1=O)[C@@H](C)O. The standard InChI is InChI=1S/C51H86N14O13/c1-6-7-8-9-13-16-39(68)56-27-41(70)64-42(30(4)66)51(78)57-28-40(69)58-36-20-24-55-50(77)43(31(5)67)65-47(74)35(19-23-54)60-44(71)33(17-21-52)61-48(75)37(25-29(2)3)62-49(76)38(26-32-14-11-10-12-15-32)63-45(72)34(18-22-53)59-46(36)73/h10-12,14-15,29-31,33-38,42-43,66-67H,6-9,13,16-28,52-54H2,1-5H3,(H,55,77)(H,56,68)(H,57,78)(H,58,69)(H,59,73)(H,60,71)(H,61,75)(H,62,76)(H,63,72)(H,64,70)(H,65,74)/t30-,31-,33+,34+,35+,36+,37+,38-,42+,43+/m1/s1. The summed E-state index contributed by atoms with van der Waals surface area (Å²) in [7, 11) is 0. The Hall–Kier alpha value is -6.81. The van der Waals surface area contributed by atoms with Crippen LogP contribution < -0.4 is 75.7 Å². The number of nitrogens with one attached hydrogen (secondary N) is 11. The Bertz CT molecular complexity index is 2130. The summed E-state index contributed by atoms with van der Waals surface area (Å²) in [5.41, 5.74) is 18.1. The fourth-order valence-corrected chi connectivity index (χ4v) is 8.12. The van der Waals surface area contributed by atoms with Crippen LogP contribution in [0.2, 0.25) is 0 Å². The fraction of sp³-hybridized carbons (Fsp3) is 0.667. The van der Waals surface area contributed by atoms with Crippen LogP contribution in [0.1, 0.15) is 111 Å². The average Bonchev–Trinajstić information content (AvgIpc) is 3.38. The second kappa shape index (κ2) is 36.3. The molecule has 0 saturated carbocycles. The van der Waals surface area contributed by atoms with E-state index in [4.69, 9.17) is 17.2 Å². The van der Waals surface area contributed by atoms with Crippen LogP contribution >= 0.6 is 0 Å². The topological polar surface area (TPSA) is 439 Å². The largest absolute Gasteiger partial charge is 0.391 e. The molecular weight excluding hydrogens is 1020 g/mol. The first-order chi connectivity index (χ1) is 37.0. The number of aliphatic hydroxyl groups excluding tert-OH is 2. The Morgan fingerprint density at radius 3 is 1.64 bits per heavy atom. The number of aliphatic hydroxyl groups is 2. The molecule has 0 bridgehead atoms. The Balaban J connectivity index is 2.54. The van der Waals surface area contributed by atoms with Gasteiger partial charge in [0.25, 0.3) is 0 Å². The summed E-state index contributed by atoms with van der Waals surface area (Å²) < 4.78 is 0. The molecule has 0 aliphatic carbocycles. The zero-order valence-electron chi connectivity index (χ0n) is 45.6. The quantitative estimate of drug-likeness (QED) is 0.0408. The van der Waals surface area contributed by atoms with Crippen LogP contribution in [-0.2, 0) is 59.2 Å². The molecule has 1 aliphatic heterocycles. The molecule has 19 N–H and O–H groups in total. The van der Waals surface area contributed by atoms with E-state index in [1.165, 1.54) is 13.8 Å². The Labute approximate surface area is 455 Å². The van der Waals surface area contributed by atoms with Gasteiger partial charge in [-0.15, -0.1) is 0 Å². The van der Waals surface area contributed by atoms with Crippen molar-refractivity contribution < 1.29 is 63.0 Å². The lowest BCUT2D eigenvalue weighted by Crippen LogP contribution is -2.61. The normalized spacial score (nSPS) is 22.6. The van der Waals surface area contributed by atoms with Gasteiger partial charge in [0.15, 0.2) is 0 Å². The van der Waals surface area contributed by atoms with Gasteiger partial charge in [-0.1, -0.05) is 76.8 Å². The van der Waals surface area contributed by atoms with Crippen LogP contribution in [0.25, 0.3) is 0 Å². The third-order valence-corrected chi connectivity index (χ3v) is 12.4. The summed E-state index contributed by atoms with van der Waals surface area (Å²) in [6, 6.07) is -3.14. The summed E-state index contributed by atoms with van der Waals surface area (Å²) >= 11 is 0. The second-order valence-corrected chi connectivity index (χ2v) is 19.7. The first kappa shape index (κ1) is 67.3. The number of amides is 11. The smallest absolute Gasteiger partial charge is 0.245 e. The van der Waals surface area contributed by atoms with Gasteiger partial charge in [0.2, 0.25) is 65.0 Å². The lowest BCUT2D eigenvalue weighted by molar-refractivity contribution is -0.136. The summed E-state index contributed by atoms with van der Waals surface area (Å²) in [4.78, 5) is 150. The van der Waals surface area contributed by atoms with E-state index in [0.717, 1.165) is 25.7 Å². The van der Waals surface area contributed by atoms with Crippen molar-refractivity contribution in [3.63, 3.8) is 0 Å². The maximum atomic E-state index is 14.3. The molecule has 27 heteroatoms. The van der Waals surface area contributed by atoms with Crippen molar-refractivity contribution >= 4 is 65.0 Å². The van der Waals surface area contributed by atoms with Crippen molar-refractivity contribution in [1.29, 1.82) is 0 Å². The van der Waals surface area contributed by atoms with E-state index < -0.39 is 146 Å². The van der Waals surface area contributed by atoms with Crippen molar-refractivity contribution in [1.82, 2.24) is 58.5 Å². The zero-order chi connectivity index (χ0) is 58.3. The number of rotatable bonds is 25. The van der Waals surface area contributed by atoms with Gasteiger partial charge in [-0.2, -0.15) is 0 Å². The molecule has 1 aromatic carbocycles. The summed E-state index contributed by atoms with van der Waals surface area (Å²) in [6.45, 7) is 5.90. The molecular formula is C51H86N14O13. The highest BCUT2D eigenvalue weighted by molar-refractivity contribution is 5.98. The molecule has 0 radical (unpaired) electrons. The van der Waals surface area contributed by atoms with Gasteiger partial charge in [0, 0.05) is 19.4 Å². The zero-order valence-corrected chi connectivity index (χ0v) is 45.6. The van der Waals surface area contributed by atoms with Gasteiger partial charge in [0.1, 0.15) is 48.3 Å². The van der Waals surface area contributed by atoms with Crippen LogP contribution in [0.3, 0.4) is 0 Å². The van der Waals surface area contributed by atoms with Crippen molar-refractivity contribution in [3.8, 4) is 0 Å². The first-order valence-electron chi connectivity index (χ1n) is 26.8. The number of carbonyl (C=O) groups excluding carboxylic acids is 11. The van der Waals surface area contributed by atoms with E-state index in [2.05, 4.69) is 65.4 Å². The van der Waals surface area contributed by atoms with Crippen LogP contribution in [0.5, 0.6) is 0 Å². The molecule has 438 valence electrons. The van der Waals surface area contributed by atoms with Crippen molar-refractivity contribution in [2.24, 2.45) is 23.1 Å².